The second-order valence-electron chi connectivity index (χ2n) is 6.74. The van der Waals surface area contributed by atoms with E-state index in [1.807, 2.05) is 11.0 Å². The van der Waals surface area contributed by atoms with Crippen LogP contribution in [0.15, 0.2) is 34.6 Å². The van der Waals surface area contributed by atoms with Gasteiger partial charge < -0.3 is 15.6 Å². The second kappa shape index (κ2) is 5.81. The van der Waals surface area contributed by atoms with E-state index in [-0.39, 0.29) is 11.3 Å². The number of allylic oxidation sites excluding steroid dienone is 1. The summed E-state index contributed by atoms with van der Waals surface area (Å²) in [6.07, 6.45) is 5.57. The van der Waals surface area contributed by atoms with Gasteiger partial charge in [-0.15, -0.1) is 0 Å². The van der Waals surface area contributed by atoms with Crippen molar-refractivity contribution in [1.29, 1.82) is 10.7 Å². The monoisotopic (exact) mass is 334 g/mol. The van der Waals surface area contributed by atoms with Gasteiger partial charge in [0.05, 0.1) is 29.9 Å². The average molecular weight is 334 g/mol. The summed E-state index contributed by atoms with van der Waals surface area (Å²) in [6, 6.07) is 5.18. The third-order valence-electron chi connectivity index (χ3n) is 5.44. The molecule has 1 saturated heterocycles. The maximum absolute atomic E-state index is 12.7. The number of nitriles is 1. The first-order chi connectivity index (χ1) is 12.1. The van der Waals surface area contributed by atoms with E-state index in [0.717, 1.165) is 25.0 Å². The van der Waals surface area contributed by atoms with Crippen molar-refractivity contribution in [2.75, 3.05) is 19.6 Å². The molecular weight excluding hydrogens is 316 g/mol. The summed E-state index contributed by atoms with van der Waals surface area (Å²) in [5, 5.41) is 20.2. The first kappa shape index (κ1) is 15.5. The van der Waals surface area contributed by atoms with Gasteiger partial charge >= 0.3 is 0 Å². The lowest BCUT2D eigenvalue weighted by atomic mass is 9.72. The van der Waals surface area contributed by atoms with Crippen LogP contribution >= 0.6 is 0 Å². The standard InChI is InChI=1S/C18H18N6O/c19-8-13-2-1-12(9-22-13)17(25)24-5-3-18(4-6-24)7-15(20)16-14(18)10-21-11-23-16/h1-2,9,11,20H,3-7,10H2,(H,21,23). The van der Waals surface area contributed by atoms with Gasteiger partial charge in [0.1, 0.15) is 11.8 Å². The molecule has 7 nitrogen and oxygen atoms in total. The number of pyridine rings is 1. The van der Waals surface area contributed by atoms with Crippen LogP contribution in [0.2, 0.25) is 0 Å². The first-order valence-corrected chi connectivity index (χ1v) is 8.35. The fourth-order valence-electron chi connectivity index (χ4n) is 4.03. The lowest BCUT2D eigenvalue weighted by Crippen LogP contribution is -2.44. The number of hydrogen-bond acceptors (Lipinski definition) is 6. The third kappa shape index (κ3) is 2.50. The number of nitrogens with one attached hydrogen (secondary N) is 2. The topological polar surface area (TPSA) is 105 Å². The van der Waals surface area contributed by atoms with Gasteiger partial charge in [-0.2, -0.15) is 5.26 Å². The Morgan fingerprint density at radius 1 is 1.36 bits per heavy atom. The van der Waals surface area contributed by atoms with Crippen molar-refractivity contribution in [1.82, 2.24) is 15.2 Å². The van der Waals surface area contributed by atoms with Gasteiger partial charge in [0.15, 0.2) is 0 Å². The van der Waals surface area contributed by atoms with Crippen LogP contribution in [0.1, 0.15) is 35.3 Å². The van der Waals surface area contributed by atoms with Crippen LogP contribution in [0.25, 0.3) is 0 Å². The van der Waals surface area contributed by atoms with E-state index >= 15 is 0 Å². The van der Waals surface area contributed by atoms with Crippen molar-refractivity contribution in [2.45, 2.75) is 19.3 Å². The molecule has 0 atom stereocenters. The summed E-state index contributed by atoms with van der Waals surface area (Å²) >= 11 is 0. The number of carbonyl (C=O) groups is 1. The van der Waals surface area contributed by atoms with Crippen LogP contribution in [0, 0.1) is 22.2 Å². The summed E-state index contributed by atoms with van der Waals surface area (Å²) < 4.78 is 0. The molecule has 7 heteroatoms. The molecular formula is C18H18N6O. The molecule has 2 aliphatic heterocycles. The number of aliphatic imine (C=N–C) groups is 1. The first-order valence-electron chi connectivity index (χ1n) is 8.35. The molecule has 0 unspecified atom stereocenters. The molecule has 0 saturated carbocycles. The number of carbonyl (C=O) groups excluding carboxylic acids is 1. The Morgan fingerprint density at radius 3 is 2.84 bits per heavy atom. The molecule has 1 amide bonds. The number of rotatable bonds is 1. The number of likely N-dealkylation sites (tertiary alicyclic amines) is 1. The Balaban J connectivity index is 1.48. The molecule has 4 rings (SSSR count). The Bertz CT molecular complexity index is 837. The Labute approximate surface area is 145 Å². The molecule has 0 aromatic carbocycles. The molecule has 0 radical (unpaired) electrons. The minimum atomic E-state index is -0.0473. The molecule has 1 aliphatic carbocycles. The number of nitrogens with zero attached hydrogens (tertiary/aromatic N) is 4. The van der Waals surface area contributed by atoms with Gasteiger partial charge in [-0.1, -0.05) is 0 Å². The van der Waals surface area contributed by atoms with Crippen LogP contribution < -0.4 is 5.32 Å². The highest BCUT2D eigenvalue weighted by Gasteiger charge is 2.46. The number of amides is 1. The largest absolute Gasteiger partial charge is 0.345 e. The molecule has 1 aromatic heterocycles. The smallest absolute Gasteiger partial charge is 0.255 e. The lowest BCUT2D eigenvalue weighted by Gasteiger charge is -2.41. The Morgan fingerprint density at radius 2 is 2.16 bits per heavy atom. The van der Waals surface area contributed by atoms with Crippen molar-refractivity contribution < 1.29 is 4.79 Å². The maximum atomic E-state index is 12.7. The summed E-state index contributed by atoms with van der Waals surface area (Å²) in [6.45, 7) is 1.97. The van der Waals surface area contributed by atoms with Gasteiger partial charge in [-0.05, 0) is 30.5 Å². The van der Waals surface area contributed by atoms with E-state index < -0.39 is 0 Å². The van der Waals surface area contributed by atoms with Crippen LogP contribution in [-0.4, -0.2) is 47.5 Å². The number of fused-ring (bicyclic) bond motifs is 1. The van der Waals surface area contributed by atoms with Crippen molar-refractivity contribution in [2.24, 2.45) is 10.4 Å². The fourth-order valence-corrected chi connectivity index (χ4v) is 4.03. The Kier molecular flexibility index (Phi) is 3.61. The maximum Gasteiger partial charge on any atom is 0.255 e. The van der Waals surface area contributed by atoms with Crippen molar-refractivity contribution in [3.05, 3.63) is 40.9 Å². The van der Waals surface area contributed by atoms with Crippen LogP contribution in [0.3, 0.4) is 0 Å². The fraction of sp³-hybridized carbons (Fsp3) is 0.389. The quantitative estimate of drug-likeness (QED) is 0.811. The van der Waals surface area contributed by atoms with Crippen LogP contribution in [0.4, 0.5) is 0 Å². The zero-order chi connectivity index (χ0) is 17.4. The van der Waals surface area contributed by atoms with E-state index in [2.05, 4.69) is 15.3 Å². The summed E-state index contributed by atoms with van der Waals surface area (Å²) in [4.78, 5) is 22.8. The van der Waals surface area contributed by atoms with Gasteiger partial charge in [0.25, 0.3) is 5.91 Å². The van der Waals surface area contributed by atoms with Crippen molar-refractivity contribution in [3.8, 4) is 6.07 Å². The normalized spacial score (nSPS) is 21.1. The highest BCUT2D eigenvalue weighted by molar-refractivity contribution is 6.04. The summed E-state index contributed by atoms with van der Waals surface area (Å²) in [7, 11) is 0. The van der Waals surface area contributed by atoms with Crippen molar-refractivity contribution in [3.63, 3.8) is 0 Å². The van der Waals surface area contributed by atoms with E-state index in [4.69, 9.17) is 10.7 Å². The van der Waals surface area contributed by atoms with E-state index in [0.29, 0.717) is 36.6 Å². The van der Waals surface area contributed by atoms with Crippen LogP contribution in [-0.2, 0) is 0 Å². The molecule has 1 spiro atoms. The van der Waals surface area contributed by atoms with Crippen LogP contribution in [0.5, 0.6) is 0 Å². The number of hydrogen-bond donors (Lipinski definition) is 2. The van der Waals surface area contributed by atoms with E-state index in [1.165, 1.54) is 11.8 Å². The lowest BCUT2D eigenvalue weighted by molar-refractivity contribution is 0.0637. The van der Waals surface area contributed by atoms with Crippen molar-refractivity contribution >= 4 is 18.0 Å². The van der Waals surface area contributed by atoms with E-state index in [1.54, 1.807) is 18.5 Å². The molecule has 1 fully saturated rings. The second-order valence-corrected chi connectivity index (χ2v) is 6.74. The summed E-state index contributed by atoms with van der Waals surface area (Å²) in [5.41, 5.74) is 3.61. The minimum Gasteiger partial charge on any atom is -0.345 e. The predicted molar refractivity (Wildman–Crippen MR) is 92.4 cm³/mol. The predicted octanol–water partition coefficient (Wildman–Crippen LogP) is 1.48. The number of piperidine rings is 1. The van der Waals surface area contributed by atoms with Gasteiger partial charge in [-0.3, -0.25) is 9.79 Å². The highest BCUT2D eigenvalue weighted by atomic mass is 16.2. The molecule has 0 bridgehead atoms. The SMILES string of the molecule is N#Cc1ccc(C(=O)N2CCC3(CC2)CC(=N)C2=C3CN=CN2)cn1. The zero-order valence-electron chi connectivity index (χ0n) is 13.7. The van der Waals surface area contributed by atoms with E-state index in [9.17, 15) is 4.79 Å². The van der Waals surface area contributed by atoms with Gasteiger partial charge in [-0.25, -0.2) is 4.98 Å². The van der Waals surface area contributed by atoms with Gasteiger partial charge in [0, 0.05) is 31.1 Å². The molecule has 2 N–H and O–H groups in total. The Hall–Kier alpha value is -3.01. The minimum absolute atomic E-state index is 0.0309. The number of aromatic nitrogens is 1. The molecule has 3 aliphatic rings. The molecule has 3 heterocycles. The molecule has 126 valence electrons. The zero-order valence-corrected chi connectivity index (χ0v) is 13.7. The van der Waals surface area contributed by atoms with Gasteiger partial charge in [0.2, 0.25) is 0 Å². The summed E-state index contributed by atoms with van der Waals surface area (Å²) in [5.74, 6) is -0.0473. The highest BCUT2D eigenvalue weighted by Crippen LogP contribution is 2.48. The third-order valence-corrected chi connectivity index (χ3v) is 5.44. The molecule has 1 aromatic rings. The molecule has 25 heavy (non-hydrogen) atoms. The average Bonchev–Trinajstić information content (AvgIpc) is 2.94.